The van der Waals surface area contributed by atoms with Gasteiger partial charge in [0, 0.05) is 31.7 Å². The number of nitrogens with two attached hydrogens (primary N) is 1. The van der Waals surface area contributed by atoms with Gasteiger partial charge in [-0.3, -0.25) is 9.59 Å². The molecule has 0 spiro atoms. The minimum absolute atomic E-state index is 0.0306. The van der Waals surface area contributed by atoms with E-state index in [-0.39, 0.29) is 18.0 Å². The van der Waals surface area contributed by atoms with E-state index >= 15 is 4.39 Å². The van der Waals surface area contributed by atoms with Gasteiger partial charge >= 0.3 is 5.97 Å². The first-order valence-corrected chi connectivity index (χ1v) is 11.4. The van der Waals surface area contributed by atoms with Crippen LogP contribution in [0.1, 0.15) is 28.8 Å². The molecule has 2 aliphatic rings. The monoisotopic (exact) mass is 455 g/mol. The average Bonchev–Trinajstić information content (AvgIpc) is 3.29. The number of ketones is 1. The fourth-order valence-corrected chi connectivity index (χ4v) is 4.92. The number of methoxy groups -OCH3 is 1. The summed E-state index contributed by atoms with van der Waals surface area (Å²) in [6, 6.07) is 11.2. The van der Waals surface area contributed by atoms with Crippen LogP contribution in [-0.4, -0.2) is 56.7 Å². The summed E-state index contributed by atoms with van der Waals surface area (Å²) in [5.41, 5.74) is 7.88. The number of rotatable bonds is 8. The quantitative estimate of drug-likeness (QED) is 0.591. The summed E-state index contributed by atoms with van der Waals surface area (Å²) >= 11 is 0. The summed E-state index contributed by atoms with van der Waals surface area (Å²) in [7, 11) is 1.46. The van der Waals surface area contributed by atoms with E-state index in [9.17, 15) is 14.7 Å². The number of carbonyl (C=O) groups is 2. The Hall–Kier alpha value is -3.13. The van der Waals surface area contributed by atoms with Crippen LogP contribution in [0.25, 0.3) is 0 Å². The van der Waals surface area contributed by atoms with Gasteiger partial charge in [0.05, 0.1) is 12.8 Å². The van der Waals surface area contributed by atoms with Gasteiger partial charge in [0.1, 0.15) is 11.6 Å². The Bertz CT molecular complexity index is 1030. The molecule has 2 aromatic carbocycles. The lowest BCUT2D eigenvalue weighted by Crippen LogP contribution is -2.44. The fraction of sp³-hybridized carbons (Fsp3) is 0.440. The number of benzene rings is 2. The van der Waals surface area contributed by atoms with Crippen molar-refractivity contribution in [2.24, 2.45) is 17.6 Å². The van der Waals surface area contributed by atoms with Gasteiger partial charge in [-0.1, -0.05) is 30.3 Å². The molecule has 33 heavy (non-hydrogen) atoms. The molecule has 4 rings (SSSR count). The van der Waals surface area contributed by atoms with Crippen molar-refractivity contribution in [1.82, 2.24) is 0 Å². The third-order valence-electron chi connectivity index (χ3n) is 6.66. The molecule has 0 aliphatic carbocycles. The smallest absolute Gasteiger partial charge is 0.316 e. The molecule has 2 aromatic rings. The standard InChI is InChI=1S/C25H30FN3O4/c1-33-24-21-18(12-20(26)22(24)29-11-9-17(13-27)14-29)23(30)19(25(31)32)15-28(21)10-5-8-16-6-3-2-4-7-16/h2-4,6-7,12,17,19H,5,8-11,13-15,27H2,1H3,(H,31,32)/t17-,19?/m0/s1. The van der Waals surface area contributed by atoms with Gasteiger partial charge in [-0.05, 0) is 43.4 Å². The predicted molar refractivity (Wildman–Crippen MR) is 125 cm³/mol. The minimum atomic E-state index is -1.24. The molecule has 2 atom stereocenters. The van der Waals surface area contributed by atoms with E-state index in [1.807, 2.05) is 40.1 Å². The zero-order valence-corrected chi connectivity index (χ0v) is 18.8. The van der Waals surface area contributed by atoms with Gasteiger partial charge in [-0.25, -0.2) is 4.39 Å². The summed E-state index contributed by atoms with van der Waals surface area (Å²) in [4.78, 5) is 28.6. The van der Waals surface area contributed by atoms with Gasteiger partial charge in [0.15, 0.2) is 17.3 Å². The van der Waals surface area contributed by atoms with Gasteiger partial charge in [0.2, 0.25) is 0 Å². The molecule has 1 fully saturated rings. The number of ether oxygens (including phenoxy) is 1. The molecule has 8 heteroatoms. The average molecular weight is 456 g/mol. The van der Waals surface area contributed by atoms with Crippen LogP contribution in [0.5, 0.6) is 5.75 Å². The third-order valence-corrected chi connectivity index (χ3v) is 6.66. The number of fused-ring (bicyclic) bond motifs is 1. The van der Waals surface area contributed by atoms with E-state index in [4.69, 9.17) is 10.5 Å². The number of aliphatic carboxylic acids is 1. The minimum Gasteiger partial charge on any atom is -0.492 e. The molecule has 0 bridgehead atoms. The molecular weight excluding hydrogens is 425 g/mol. The summed E-state index contributed by atoms with van der Waals surface area (Å²) in [6.07, 6.45) is 2.41. The maximum Gasteiger partial charge on any atom is 0.316 e. The van der Waals surface area contributed by atoms with E-state index in [0.29, 0.717) is 43.3 Å². The van der Waals surface area contributed by atoms with E-state index in [2.05, 4.69) is 0 Å². The number of Topliss-reactive ketones (excluding diaryl/α,β-unsaturated/α-hetero) is 1. The highest BCUT2D eigenvalue weighted by Gasteiger charge is 2.41. The topological polar surface area (TPSA) is 96.1 Å². The molecule has 176 valence electrons. The maximum absolute atomic E-state index is 15.3. The second-order valence-corrected chi connectivity index (χ2v) is 8.76. The van der Waals surface area contributed by atoms with E-state index < -0.39 is 23.5 Å². The highest BCUT2D eigenvalue weighted by atomic mass is 19.1. The fourth-order valence-electron chi connectivity index (χ4n) is 4.92. The largest absolute Gasteiger partial charge is 0.492 e. The second-order valence-electron chi connectivity index (χ2n) is 8.76. The van der Waals surface area contributed by atoms with Crippen LogP contribution in [0.15, 0.2) is 36.4 Å². The van der Waals surface area contributed by atoms with Crippen molar-refractivity contribution < 1.29 is 23.8 Å². The summed E-state index contributed by atoms with van der Waals surface area (Å²) in [6.45, 7) is 2.33. The molecule has 1 saturated heterocycles. The van der Waals surface area contributed by atoms with Crippen molar-refractivity contribution >= 4 is 23.1 Å². The predicted octanol–water partition coefficient (Wildman–Crippen LogP) is 2.96. The van der Waals surface area contributed by atoms with Gasteiger partial charge < -0.3 is 25.4 Å². The van der Waals surface area contributed by atoms with Crippen molar-refractivity contribution in [2.75, 3.05) is 49.6 Å². The number of anilines is 2. The Labute approximate surface area is 192 Å². The number of carboxylic acids is 1. The summed E-state index contributed by atoms with van der Waals surface area (Å²) < 4.78 is 21.0. The molecule has 0 radical (unpaired) electrons. The van der Waals surface area contributed by atoms with Crippen LogP contribution in [0.2, 0.25) is 0 Å². The van der Waals surface area contributed by atoms with Crippen molar-refractivity contribution in [1.29, 1.82) is 0 Å². The third kappa shape index (κ3) is 4.53. The van der Waals surface area contributed by atoms with Crippen LogP contribution in [0.4, 0.5) is 15.8 Å². The molecule has 0 amide bonds. The highest BCUT2D eigenvalue weighted by Crippen LogP contribution is 2.47. The molecule has 3 N–H and O–H groups in total. The van der Waals surface area contributed by atoms with Gasteiger partial charge in [0.25, 0.3) is 0 Å². The zero-order valence-electron chi connectivity index (χ0n) is 18.8. The van der Waals surface area contributed by atoms with Crippen LogP contribution in [0, 0.1) is 17.7 Å². The number of hydrogen-bond acceptors (Lipinski definition) is 6. The number of hydrogen-bond donors (Lipinski definition) is 2. The van der Waals surface area contributed by atoms with Crippen molar-refractivity contribution in [3.8, 4) is 5.75 Å². The lowest BCUT2D eigenvalue weighted by atomic mass is 9.89. The SMILES string of the molecule is COc1c(N2CC[C@@H](CN)C2)c(F)cc2c1N(CCCc1ccccc1)CC(C(=O)O)C2=O. The second kappa shape index (κ2) is 9.79. The molecule has 1 unspecified atom stereocenters. The molecule has 0 saturated carbocycles. The maximum atomic E-state index is 15.3. The number of carboxylic acid groups (broad SMARTS) is 1. The molecule has 0 aromatic heterocycles. The van der Waals surface area contributed by atoms with E-state index in [0.717, 1.165) is 19.3 Å². The van der Waals surface area contributed by atoms with Crippen molar-refractivity contribution in [3.63, 3.8) is 0 Å². The lowest BCUT2D eigenvalue weighted by Gasteiger charge is -2.36. The Kier molecular flexibility index (Phi) is 6.83. The number of aryl methyl sites for hydroxylation is 1. The van der Waals surface area contributed by atoms with Crippen molar-refractivity contribution in [3.05, 3.63) is 53.3 Å². The van der Waals surface area contributed by atoms with Crippen LogP contribution in [-0.2, 0) is 11.2 Å². The normalized spacial score (nSPS) is 20.2. The zero-order chi connectivity index (χ0) is 23.5. The Morgan fingerprint density at radius 3 is 2.64 bits per heavy atom. The Morgan fingerprint density at radius 1 is 1.24 bits per heavy atom. The van der Waals surface area contributed by atoms with E-state index in [1.54, 1.807) is 0 Å². The summed E-state index contributed by atoms with van der Waals surface area (Å²) in [5, 5.41) is 9.64. The Morgan fingerprint density at radius 2 is 2.00 bits per heavy atom. The Balaban J connectivity index is 1.71. The van der Waals surface area contributed by atoms with Gasteiger partial charge in [-0.15, -0.1) is 0 Å². The molecule has 7 nitrogen and oxygen atoms in total. The van der Waals surface area contributed by atoms with E-state index in [1.165, 1.54) is 18.7 Å². The van der Waals surface area contributed by atoms with Crippen molar-refractivity contribution in [2.45, 2.75) is 19.3 Å². The number of halogens is 1. The first kappa shape index (κ1) is 23.0. The van der Waals surface area contributed by atoms with Crippen LogP contribution in [0.3, 0.4) is 0 Å². The first-order valence-electron chi connectivity index (χ1n) is 11.4. The number of carbonyl (C=O) groups excluding carboxylic acids is 1. The van der Waals surface area contributed by atoms with Crippen LogP contribution >= 0.6 is 0 Å². The lowest BCUT2D eigenvalue weighted by molar-refractivity contribution is -0.139. The molecule has 2 aliphatic heterocycles. The molecule has 2 heterocycles. The van der Waals surface area contributed by atoms with Gasteiger partial charge in [-0.2, -0.15) is 0 Å². The first-order chi connectivity index (χ1) is 15.9. The highest BCUT2D eigenvalue weighted by molar-refractivity contribution is 6.14. The molecular formula is C25H30FN3O4. The number of nitrogens with zero attached hydrogens (tertiary/aromatic N) is 2. The summed E-state index contributed by atoms with van der Waals surface area (Å²) in [5.74, 6) is -3.04. The van der Waals surface area contributed by atoms with Crippen LogP contribution < -0.4 is 20.3 Å².